The van der Waals surface area contributed by atoms with E-state index in [1.54, 1.807) is 0 Å². The molecule has 0 unspecified atom stereocenters. The maximum Gasteiger partial charge on any atom is 0.170 e. The first-order valence-corrected chi connectivity index (χ1v) is 5.59. The highest BCUT2D eigenvalue weighted by molar-refractivity contribution is 5.82. The van der Waals surface area contributed by atoms with E-state index in [2.05, 4.69) is 5.32 Å². The Bertz CT molecular complexity index is 546. The second kappa shape index (κ2) is 4.45. The Labute approximate surface area is 98.6 Å². The third-order valence-corrected chi connectivity index (χ3v) is 2.73. The molecule has 1 aromatic carbocycles. The number of benzene rings is 1. The number of fused-ring (bicyclic) bond motifs is 1. The Morgan fingerprint density at radius 3 is 2.65 bits per heavy atom. The lowest BCUT2D eigenvalue weighted by Crippen LogP contribution is -2.21. The quantitative estimate of drug-likeness (QED) is 0.886. The van der Waals surface area contributed by atoms with E-state index in [0.29, 0.717) is 23.7 Å². The van der Waals surface area contributed by atoms with Crippen LogP contribution in [0, 0.1) is 18.6 Å². The van der Waals surface area contributed by atoms with Gasteiger partial charge in [0.15, 0.2) is 11.4 Å². The van der Waals surface area contributed by atoms with Gasteiger partial charge in [0.2, 0.25) is 0 Å². The molecule has 1 aromatic heterocycles. The van der Waals surface area contributed by atoms with E-state index in [4.69, 9.17) is 4.42 Å². The molecule has 1 N–H and O–H groups in total. The van der Waals surface area contributed by atoms with Gasteiger partial charge in [-0.2, -0.15) is 0 Å². The highest BCUT2D eigenvalue weighted by Crippen LogP contribution is 2.28. The maximum atomic E-state index is 13.5. The number of hydrogen-bond donors (Lipinski definition) is 1. The van der Waals surface area contributed by atoms with Crippen LogP contribution in [0.15, 0.2) is 16.5 Å². The van der Waals surface area contributed by atoms with E-state index in [9.17, 15) is 8.78 Å². The van der Waals surface area contributed by atoms with Gasteiger partial charge in [0, 0.05) is 17.5 Å². The predicted octanol–water partition coefficient (Wildman–Crippen LogP) is 3.52. The topological polar surface area (TPSA) is 25.2 Å². The lowest BCUT2D eigenvalue weighted by molar-refractivity contribution is 0.472. The van der Waals surface area contributed by atoms with Crippen LogP contribution in [-0.2, 0) is 6.54 Å². The largest absolute Gasteiger partial charge is 0.456 e. The Morgan fingerprint density at radius 2 is 2.00 bits per heavy atom. The Morgan fingerprint density at radius 1 is 1.29 bits per heavy atom. The molecule has 0 amide bonds. The molecule has 0 bridgehead atoms. The van der Waals surface area contributed by atoms with Gasteiger partial charge in [-0.3, -0.25) is 0 Å². The summed E-state index contributed by atoms with van der Waals surface area (Å²) in [6.45, 7) is 6.35. The van der Waals surface area contributed by atoms with Crippen LogP contribution in [0.3, 0.4) is 0 Å². The first-order chi connectivity index (χ1) is 7.99. The van der Waals surface area contributed by atoms with E-state index in [1.807, 2.05) is 20.8 Å². The van der Waals surface area contributed by atoms with Gasteiger partial charge >= 0.3 is 0 Å². The molecule has 0 aliphatic carbocycles. The second-order valence-corrected chi connectivity index (χ2v) is 4.45. The molecule has 2 rings (SSSR count). The molecule has 0 saturated heterocycles. The van der Waals surface area contributed by atoms with Crippen LogP contribution in [-0.4, -0.2) is 6.04 Å². The number of hydrogen-bond acceptors (Lipinski definition) is 2. The van der Waals surface area contributed by atoms with E-state index in [-0.39, 0.29) is 5.58 Å². The Kier molecular flexibility index (Phi) is 3.15. The summed E-state index contributed by atoms with van der Waals surface area (Å²) in [5.74, 6) is -0.584. The molecule has 0 fully saturated rings. The number of halogens is 2. The minimum absolute atomic E-state index is 0.129. The average molecular weight is 239 g/mol. The molecular formula is C13H15F2NO. The zero-order valence-electron chi connectivity index (χ0n) is 10.1. The average Bonchev–Trinajstić information content (AvgIpc) is 2.54. The van der Waals surface area contributed by atoms with Gasteiger partial charge < -0.3 is 9.73 Å². The molecule has 0 radical (unpaired) electrons. The minimum atomic E-state index is -0.654. The molecule has 4 heteroatoms. The maximum absolute atomic E-state index is 13.5. The van der Waals surface area contributed by atoms with Crippen molar-refractivity contribution in [3.05, 3.63) is 35.1 Å². The summed E-state index contributed by atoms with van der Waals surface area (Å²) >= 11 is 0. The first-order valence-electron chi connectivity index (χ1n) is 5.59. The Balaban J connectivity index is 2.45. The molecule has 17 heavy (non-hydrogen) atoms. The highest BCUT2D eigenvalue weighted by Gasteiger charge is 2.15. The number of nitrogens with one attached hydrogen (secondary N) is 1. The van der Waals surface area contributed by atoms with Gasteiger partial charge in [0.25, 0.3) is 0 Å². The van der Waals surface area contributed by atoms with Crippen LogP contribution in [0.25, 0.3) is 11.0 Å². The lowest BCUT2D eigenvalue weighted by Gasteiger charge is -2.05. The van der Waals surface area contributed by atoms with Crippen molar-refractivity contribution >= 4 is 11.0 Å². The van der Waals surface area contributed by atoms with Crippen LogP contribution in [0.5, 0.6) is 0 Å². The molecule has 0 aliphatic heterocycles. The molecule has 0 atom stereocenters. The van der Waals surface area contributed by atoms with Gasteiger partial charge in [-0.1, -0.05) is 13.8 Å². The fourth-order valence-corrected chi connectivity index (χ4v) is 1.76. The summed E-state index contributed by atoms with van der Waals surface area (Å²) in [5.41, 5.74) is 0.913. The number of aryl methyl sites for hydroxylation is 1. The van der Waals surface area contributed by atoms with E-state index in [0.717, 1.165) is 11.6 Å². The fourth-order valence-electron chi connectivity index (χ4n) is 1.76. The van der Waals surface area contributed by atoms with Crippen molar-refractivity contribution in [1.29, 1.82) is 0 Å². The summed E-state index contributed by atoms with van der Waals surface area (Å²) in [6.07, 6.45) is 0. The SMILES string of the molecule is Cc1c(CNC(C)C)oc2c(F)cc(F)cc12. The third kappa shape index (κ3) is 2.31. The van der Waals surface area contributed by atoms with Crippen LogP contribution in [0.4, 0.5) is 8.78 Å². The van der Waals surface area contributed by atoms with Crippen LogP contribution >= 0.6 is 0 Å². The van der Waals surface area contributed by atoms with Gasteiger partial charge in [-0.05, 0) is 18.6 Å². The van der Waals surface area contributed by atoms with Gasteiger partial charge in [-0.15, -0.1) is 0 Å². The molecule has 0 aliphatic rings. The van der Waals surface area contributed by atoms with Gasteiger partial charge in [-0.25, -0.2) is 8.78 Å². The predicted molar refractivity (Wildman–Crippen MR) is 62.8 cm³/mol. The van der Waals surface area contributed by atoms with E-state index in [1.165, 1.54) is 6.07 Å². The molecule has 2 nitrogen and oxygen atoms in total. The molecule has 0 spiro atoms. The van der Waals surface area contributed by atoms with Crippen molar-refractivity contribution in [3.8, 4) is 0 Å². The van der Waals surface area contributed by atoms with Gasteiger partial charge in [0.05, 0.1) is 6.54 Å². The summed E-state index contributed by atoms with van der Waals surface area (Å²) in [6, 6.07) is 2.45. The highest BCUT2D eigenvalue weighted by atomic mass is 19.1. The monoisotopic (exact) mass is 239 g/mol. The third-order valence-electron chi connectivity index (χ3n) is 2.73. The zero-order valence-corrected chi connectivity index (χ0v) is 10.1. The smallest absolute Gasteiger partial charge is 0.170 e. The molecule has 2 aromatic rings. The van der Waals surface area contributed by atoms with E-state index < -0.39 is 11.6 Å². The summed E-state index contributed by atoms with van der Waals surface area (Å²) < 4.78 is 32.0. The summed E-state index contributed by atoms with van der Waals surface area (Å²) in [5, 5.41) is 3.69. The first kappa shape index (κ1) is 12.0. The summed E-state index contributed by atoms with van der Waals surface area (Å²) in [7, 11) is 0. The molecule has 1 heterocycles. The van der Waals surface area contributed by atoms with Crippen molar-refractivity contribution < 1.29 is 13.2 Å². The summed E-state index contributed by atoms with van der Waals surface area (Å²) in [4.78, 5) is 0. The van der Waals surface area contributed by atoms with Crippen molar-refractivity contribution in [2.45, 2.75) is 33.4 Å². The van der Waals surface area contributed by atoms with Crippen LogP contribution < -0.4 is 5.32 Å². The number of rotatable bonds is 3. The lowest BCUT2D eigenvalue weighted by atomic mass is 10.1. The molecule has 0 saturated carbocycles. The van der Waals surface area contributed by atoms with Crippen LogP contribution in [0.1, 0.15) is 25.2 Å². The van der Waals surface area contributed by atoms with Crippen LogP contribution in [0.2, 0.25) is 0 Å². The normalized spacial score (nSPS) is 11.6. The number of furan rings is 1. The standard InChI is InChI=1S/C13H15F2NO/c1-7(2)16-6-12-8(3)10-4-9(14)5-11(15)13(10)17-12/h4-5,7,16H,6H2,1-3H3. The zero-order chi connectivity index (χ0) is 12.6. The van der Waals surface area contributed by atoms with E-state index >= 15 is 0 Å². The molecular weight excluding hydrogens is 224 g/mol. The second-order valence-electron chi connectivity index (χ2n) is 4.45. The Hall–Kier alpha value is -1.42. The van der Waals surface area contributed by atoms with Crippen molar-refractivity contribution in [1.82, 2.24) is 5.32 Å². The van der Waals surface area contributed by atoms with Crippen molar-refractivity contribution in [2.75, 3.05) is 0 Å². The minimum Gasteiger partial charge on any atom is -0.456 e. The molecule has 92 valence electrons. The van der Waals surface area contributed by atoms with Crippen molar-refractivity contribution in [3.63, 3.8) is 0 Å². The van der Waals surface area contributed by atoms with Gasteiger partial charge in [0.1, 0.15) is 11.6 Å². The fraction of sp³-hybridized carbons (Fsp3) is 0.385. The van der Waals surface area contributed by atoms with Crippen molar-refractivity contribution in [2.24, 2.45) is 0 Å².